The Morgan fingerprint density at radius 3 is 2.07 bits per heavy atom. The second kappa shape index (κ2) is 9.45. The van der Waals surface area contributed by atoms with Gasteiger partial charge < -0.3 is 24.7 Å². The average molecular weight is 389 g/mol. The van der Waals surface area contributed by atoms with E-state index < -0.39 is 5.97 Å². The molecule has 0 aliphatic heterocycles. The lowest BCUT2D eigenvalue weighted by Crippen LogP contribution is -2.35. The molecule has 9 heteroatoms. The van der Waals surface area contributed by atoms with E-state index in [1.807, 2.05) is 44.2 Å². The smallest absolute Gasteiger partial charge is 0.347 e. The molecule has 0 aliphatic rings. The van der Waals surface area contributed by atoms with Crippen molar-refractivity contribution in [1.29, 1.82) is 0 Å². The molecule has 0 unspecified atom stereocenters. The first-order valence-electron chi connectivity index (χ1n) is 8.86. The van der Waals surface area contributed by atoms with Crippen LogP contribution in [-0.2, 0) is 26.7 Å². The summed E-state index contributed by atoms with van der Waals surface area (Å²) in [7, 11) is 5.83. The second-order valence-electron chi connectivity index (χ2n) is 5.44. The van der Waals surface area contributed by atoms with Crippen molar-refractivity contribution < 1.29 is 18.9 Å². The third-order valence-electron chi connectivity index (χ3n) is 4.03. The molecule has 0 spiro atoms. The first kappa shape index (κ1) is 21.5. The third kappa shape index (κ3) is 3.91. The van der Waals surface area contributed by atoms with Gasteiger partial charge in [0.2, 0.25) is 5.82 Å². The molecular weight excluding hydrogens is 362 g/mol. The van der Waals surface area contributed by atoms with E-state index in [0.29, 0.717) is 23.7 Å². The minimum Gasteiger partial charge on any atom is -0.468 e. The predicted octanol–water partition coefficient (Wildman–Crippen LogP) is 2.54. The van der Waals surface area contributed by atoms with Crippen molar-refractivity contribution in [3.63, 3.8) is 0 Å². The lowest BCUT2D eigenvalue weighted by molar-refractivity contribution is -0.368. The fourth-order valence-corrected chi connectivity index (χ4v) is 2.73. The number of nitrogens with zero attached hydrogens (tertiary/aromatic N) is 4. The number of ether oxygens (including phenoxy) is 4. The van der Waals surface area contributed by atoms with Crippen LogP contribution in [0.1, 0.15) is 25.2 Å². The van der Waals surface area contributed by atoms with E-state index in [0.717, 1.165) is 5.56 Å². The van der Waals surface area contributed by atoms with Crippen LogP contribution in [0, 0.1) is 0 Å². The van der Waals surface area contributed by atoms with Crippen LogP contribution in [-0.4, -0.2) is 48.0 Å². The summed E-state index contributed by atoms with van der Waals surface area (Å²) >= 11 is 0. The Balaban J connectivity index is 0.00000136. The number of hydrogen-bond acceptors (Lipinski definition) is 8. The van der Waals surface area contributed by atoms with E-state index in [4.69, 9.17) is 24.7 Å². The van der Waals surface area contributed by atoms with Crippen molar-refractivity contribution in [1.82, 2.24) is 19.5 Å². The van der Waals surface area contributed by atoms with Gasteiger partial charge in [0.05, 0.1) is 13.7 Å². The van der Waals surface area contributed by atoms with Gasteiger partial charge in [0.25, 0.3) is 6.01 Å². The molecule has 2 heterocycles. The lowest BCUT2D eigenvalue weighted by atomic mass is 10.2. The van der Waals surface area contributed by atoms with Crippen molar-refractivity contribution in [2.45, 2.75) is 26.4 Å². The van der Waals surface area contributed by atoms with Gasteiger partial charge in [-0.2, -0.15) is 4.98 Å². The molecule has 9 nitrogen and oxygen atoms in total. The van der Waals surface area contributed by atoms with Crippen LogP contribution >= 0.6 is 0 Å². The number of nitrogens with two attached hydrogens (primary N) is 1. The molecule has 2 N–H and O–H groups in total. The summed E-state index contributed by atoms with van der Waals surface area (Å²) in [5, 5.41) is 0. The maximum atomic E-state index is 6.10. The predicted molar refractivity (Wildman–Crippen MR) is 106 cm³/mol. The molecule has 28 heavy (non-hydrogen) atoms. The van der Waals surface area contributed by atoms with Crippen LogP contribution in [0.2, 0.25) is 0 Å². The normalized spacial score (nSPS) is 11.2. The van der Waals surface area contributed by atoms with E-state index >= 15 is 0 Å². The SMILES string of the molecule is CC.COc1nc2c(N)nc(C(OC)(OC)OC)nc2n1Cc1ccccc1. The Morgan fingerprint density at radius 1 is 0.929 bits per heavy atom. The highest BCUT2D eigenvalue weighted by molar-refractivity contribution is 5.83. The van der Waals surface area contributed by atoms with Crippen molar-refractivity contribution in [2.24, 2.45) is 0 Å². The maximum absolute atomic E-state index is 6.10. The number of rotatable bonds is 7. The summed E-state index contributed by atoms with van der Waals surface area (Å²) in [5.74, 6) is -1.27. The monoisotopic (exact) mass is 389 g/mol. The summed E-state index contributed by atoms with van der Waals surface area (Å²) < 4.78 is 23.2. The summed E-state index contributed by atoms with van der Waals surface area (Å²) in [4.78, 5) is 13.2. The Labute approximate surface area is 164 Å². The van der Waals surface area contributed by atoms with Crippen LogP contribution < -0.4 is 10.5 Å². The zero-order valence-electron chi connectivity index (χ0n) is 17.1. The molecule has 3 aromatic rings. The number of aromatic nitrogens is 4. The molecule has 0 radical (unpaired) electrons. The van der Waals surface area contributed by atoms with Crippen LogP contribution in [0.5, 0.6) is 6.01 Å². The van der Waals surface area contributed by atoms with Crippen molar-refractivity contribution in [2.75, 3.05) is 34.2 Å². The van der Waals surface area contributed by atoms with E-state index in [9.17, 15) is 0 Å². The molecule has 0 bridgehead atoms. The molecule has 0 atom stereocenters. The maximum Gasteiger partial charge on any atom is 0.347 e. The van der Waals surface area contributed by atoms with E-state index in [-0.39, 0.29) is 11.6 Å². The number of imidazole rings is 1. The first-order valence-corrected chi connectivity index (χ1v) is 8.86. The summed E-state index contributed by atoms with van der Waals surface area (Å²) in [5.41, 5.74) is 8.07. The summed E-state index contributed by atoms with van der Waals surface area (Å²) in [6, 6.07) is 10.2. The molecule has 0 fully saturated rings. The van der Waals surface area contributed by atoms with Gasteiger partial charge in [-0.15, -0.1) is 0 Å². The van der Waals surface area contributed by atoms with Gasteiger partial charge in [0.15, 0.2) is 17.0 Å². The zero-order chi connectivity index (χ0) is 20.7. The molecular formula is C19H27N5O4. The van der Waals surface area contributed by atoms with E-state index in [2.05, 4.69) is 15.0 Å². The number of hydrogen-bond donors (Lipinski definition) is 1. The quantitative estimate of drug-likeness (QED) is 0.615. The van der Waals surface area contributed by atoms with Crippen LogP contribution in [0.15, 0.2) is 30.3 Å². The highest BCUT2D eigenvalue weighted by atomic mass is 16.9. The zero-order valence-corrected chi connectivity index (χ0v) is 17.1. The van der Waals surface area contributed by atoms with Crippen LogP contribution in [0.3, 0.4) is 0 Å². The number of methoxy groups -OCH3 is 4. The van der Waals surface area contributed by atoms with Gasteiger partial charge in [-0.1, -0.05) is 44.2 Å². The van der Waals surface area contributed by atoms with Crippen LogP contribution in [0.25, 0.3) is 11.2 Å². The van der Waals surface area contributed by atoms with Gasteiger partial charge in [-0.25, -0.2) is 9.97 Å². The minimum atomic E-state index is -1.57. The Morgan fingerprint density at radius 2 is 1.54 bits per heavy atom. The van der Waals surface area contributed by atoms with Crippen molar-refractivity contribution in [3.05, 3.63) is 41.7 Å². The molecule has 0 aliphatic carbocycles. The fourth-order valence-electron chi connectivity index (χ4n) is 2.73. The first-order chi connectivity index (χ1) is 13.6. The van der Waals surface area contributed by atoms with Gasteiger partial charge >= 0.3 is 5.97 Å². The number of benzene rings is 1. The van der Waals surface area contributed by atoms with Crippen molar-refractivity contribution >= 4 is 17.0 Å². The Kier molecular flexibility index (Phi) is 7.27. The van der Waals surface area contributed by atoms with Gasteiger partial charge in [0, 0.05) is 21.3 Å². The topological polar surface area (TPSA) is 107 Å². The molecule has 152 valence electrons. The lowest BCUT2D eigenvalue weighted by Gasteiger charge is -2.26. The van der Waals surface area contributed by atoms with Gasteiger partial charge in [-0.3, -0.25) is 4.57 Å². The second-order valence-corrected chi connectivity index (χ2v) is 5.44. The van der Waals surface area contributed by atoms with Crippen molar-refractivity contribution in [3.8, 4) is 6.01 Å². The van der Waals surface area contributed by atoms with E-state index in [1.165, 1.54) is 28.4 Å². The molecule has 3 rings (SSSR count). The molecule has 1 aromatic carbocycles. The number of nitrogen functional groups attached to an aromatic ring is 1. The number of anilines is 1. The molecule has 2 aromatic heterocycles. The molecule has 0 amide bonds. The summed E-state index contributed by atoms with van der Waals surface area (Å²) in [6.45, 7) is 4.50. The molecule has 0 saturated heterocycles. The van der Waals surface area contributed by atoms with E-state index in [1.54, 1.807) is 4.57 Å². The number of fused-ring (bicyclic) bond motifs is 1. The largest absolute Gasteiger partial charge is 0.468 e. The average Bonchev–Trinajstić information content (AvgIpc) is 3.10. The van der Waals surface area contributed by atoms with Gasteiger partial charge in [-0.05, 0) is 5.56 Å². The van der Waals surface area contributed by atoms with Gasteiger partial charge in [0.1, 0.15) is 0 Å². The molecule has 0 saturated carbocycles. The highest BCUT2D eigenvalue weighted by Gasteiger charge is 2.37. The third-order valence-corrected chi connectivity index (χ3v) is 4.03. The summed E-state index contributed by atoms with van der Waals surface area (Å²) in [6.07, 6.45) is 0. The Hall–Kier alpha value is -2.75. The Bertz CT molecular complexity index is 886. The van der Waals surface area contributed by atoms with Crippen LogP contribution in [0.4, 0.5) is 5.82 Å². The minimum absolute atomic E-state index is 0.131. The highest BCUT2D eigenvalue weighted by Crippen LogP contribution is 2.30. The fraction of sp³-hybridized carbons (Fsp3) is 0.421. The standard InChI is InChI=1S/C17H21N5O4.C2H6/c1-23-16-19-12-13(18)20-15(17(24-2,25-3)26-4)21-14(12)22(16)10-11-8-6-5-7-9-11;1-2/h5-9H,10H2,1-4H3,(H2,18,20,21);1-2H3.